The first-order valence-electron chi connectivity index (χ1n) is 7.89. The molecule has 2 atom stereocenters. The minimum Gasteiger partial charge on any atom is -0.325 e. The van der Waals surface area contributed by atoms with Crippen molar-refractivity contribution in [3.05, 3.63) is 29.8 Å². The molecule has 0 aromatic heterocycles. The highest BCUT2D eigenvalue weighted by atomic mass is 35.5. The molecular weight excluding hydrogens is 298 g/mol. The lowest BCUT2D eigenvalue weighted by molar-refractivity contribution is -0.118. The number of hydrogen-bond acceptors (Lipinski definition) is 3. The van der Waals surface area contributed by atoms with Crippen LogP contribution in [0.15, 0.2) is 24.3 Å². The molecule has 2 unspecified atom stereocenters. The van der Waals surface area contributed by atoms with Crippen LogP contribution in [0.5, 0.6) is 0 Å². The largest absolute Gasteiger partial charge is 0.325 e. The Morgan fingerprint density at radius 2 is 1.91 bits per heavy atom. The molecule has 1 rings (SSSR count). The van der Waals surface area contributed by atoms with Gasteiger partial charge < -0.3 is 11.1 Å². The van der Waals surface area contributed by atoms with Crippen LogP contribution in [0, 0.1) is 5.92 Å². The van der Waals surface area contributed by atoms with Crippen molar-refractivity contribution in [1.82, 2.24) is 4.90 Å². The van der Waals surface area contributed by atoms with Crippen LogP contribution >= 0.6 is 12.4 Å². The van der Waals surface area contributed by atoms with Gasteiger partial charge in [-0.25, -0.2) is 0 Å². The maximum absolute atomic E-state index is 12.1. The number of nitrogens with one attached hydrogen (secondary N) is 1. The van der Waals surface area contributed by atoms with E-state index >= 15 is 0 Å². The fourth-order valence-corrected chi connectivity index (χ4v) is 2.19. The van der Waals surface area contributed by atoms with Gasteiger partial charge in [-0.2, -0.15) is 0 Å². The van der Waals surface area contributed by atoms with Crippen molar-refractivity contribution in [2.45, 2.75) is 46.7 Å². The molecule has 22 heavy (non-hydrogen) atoms. The molecule has 0 aliphatic rings. The van der Waals surface area contributed by atoms with Gasteiger partial charge in [0.1, 0.15) is 0 Å². The van der Waals surface area contributed by atoms with Gasteiger partial charge >= 0.3 is 0 Å². The zero-order valence-corrected chi connectivity index (χ0v) is 15.0. The Kier molecular flexibility index (Phi) is 10.1. The van der Waals surface area contributed by atoms with Crippen molar-refractivity contribution >= 4 is 24.0 Å². The zero-order chi connectivity index (χ0) is 15.8. The Bertz CT molecular complexity index is 449. The number of hydrogen-bond donors (Lipinski definition) is 2. The van der Waals surface area contributed by atoms with Crippen molar-refractivity contribution in [1.29, 1.82) is 0 Å². The minimum atomic E-state index is -0.457. The first kappa shape index (κ1) is 20.9. The number of carbonyl (C=O) groups is 1. The van der Waals surface area contributed by atoms with E-state index in [1.54, 1.807) is 0 Å². The van der Waals surface area contributed by atoms with E-state index in [0.29, 0.717) is 0 Å². The number of nitrogens with zero attached hydrogens (tertiary/aromatic N) is 1. The Morgan fingerprint density at radius 3 is 2.45 bits per heavy atom. The predicted molar refractivity (Wildman–Crippen MR) is 96.4 cm³/mol. The van der Waals surface area contributed by atoms with Crippen molar-refractivity contribution in [2.24, 2.45) is 11.7 Å². The van der Waals surface area contributed by atoms with Gasteiger partial charge in [-0.3, -0.25) is 9.69 Å². The average molecular weight is 328 g/mol. The van der Waals surface area contributed by atoms with Crippen molar-refractivity contribution < 1.29 is 4.79 Å². The summed E-state index contributed by atoms with van der Waals surface area (Å²) in [6.45, 7) is 11.3. The van der Waals surface area contributed by atoms with Gasteiger partial charge in [0.25, 0.3) is 0 Å². The summed E-state index contributed by atoms with van der Waals surface area (Å²) in [7, 11) is 0. The van der Waals surface area contributed by atoms with E-state index in [4.69, 9.17) is 5.73 Å². The minimum absolute atomic E-state index is 0. The maximum atomic E-state index is 12.1. The molecule has 5 heteroatoms. The molecule has 0 saturated heterocycles. The second-order valence-corrected chi connectivity index (χ2v) is 5.56. The van der Waals surface area contributed by atoms with Crippen LogP contribution in [-0.4, -0.2) is 29.9 Å². The molecule has 0 bridgehead atoms. The zero-order valence-electron chi connectivity index (χ0n) is 14.1. The lowest BCUT2D eigenvalue weighted by Crippen LogP contribution is -2.40. The molecule has 0 aliphatic carbocycles. The van der Waals surface area contributed by atoms with E-state index in [9.17, 15) is 4.79 Å². The lowest BCUT2D eigenvalue weighted by atomic mass is 9.99. The van der Waals surface area contributed by atoms with E-state index in [0.717, 1.165) is 31.7 Å². The van der Waals surface area contributed by atoms with Crippen molar-refractivity contribution in [3.8, 4) is 0 Å². The number of carbonyl (C=O) groups excluding carboxylic acids is 1. The predicted octanol–water partition coefficient (Wildman–Crippen LogP) is 3.26. The molecule has 0 spiro atoms. The van der Waals surface area contributed by atoms with Crippen LogP contribution in [0.2, 0.25) is 0 Å². The summed E-state index contributed by atoms with van der Waals surface area (Å²) in [6.07, 6.45) is 0.899. The van der Waals surface area contributed by atoms with Crippen LogP contribution < -0.4 is 11.1 Å². The quantitative estimate of drug-likeness (QED) is 0.770. The average Bonchev–Trinajstić information content (AvgIpc) is 2.51. The van der Waals surface area contributed by atoms with Gasteiger partial charge in [0.2, 0.25) is 5.91 Å². The van der Waals surface area contributed by atoms with Gasteiger partial charge in [-0.15, -0.1) is 12.4 Å². The van der Waals surface area contributed by atoms with Gasteiger partial charge in [0, 0.05) is 12.2 Å². The van der Waals surface area contributed by atoms with E-state index in [1.165, 1.54) is 5.56 Å². The second kappa shape index (κ2) is 10.6. The topological polar surface area (TPSA) is 58.4 Å². The maximum Gasteiger partial charge on any atom is 0.241 e. The Hall–Kier alpha value is -1.10. The van der Waals surface area contributed by atoms with Gasteiger partial charge in [0.05, 0.1) is 6.04 Å². The Balaban J connectivity index is 0.00000441. The third kappa shape index (κ3) is 6.34. The van der Waals surface area contributed by atoms with Crippen LogP contribution in [-0.2, 0) is 11.3 Å². The molecule has 1 aromatic carbocycles. The number of halogens is 1. The highest BCUT2D eigenvalue weighted by Crippen LogP contribution is 2.14. The summed E-state index contributed by atoms with van der Waals surface area (Å²) in [5.41, 5.74) is 7.99. The number of amides is 1. The summed E-state index contributed by atoms with van der Waals surface area (Å²) in [6, 6.07) is 7.54. The molecule has 0 heterocycles. The van der Waals surface area contributed by atoms with Crippen LogP contribution in [0.25, 0.3) is 0 Å². The molecule has 3 N–H and O–H groups in total. The smallest absolute Gasteiger partial charge is 0.241 e. The molecular formula is C17H30ClN3O. The Morgan fingerprint density at radius 1 is 1.27 bits per heavy atom. The first-order chi connectivity index (χ1) is 10.0. The SMILES string of the molecule is CCC(C)C(N)C(=O)Nc1cccc(CN(CC)CC)c1.Cl. The number of anilines is 1. The van der Waals surface area contributed by atoms with Crippen LogP contribution in [0.3, 0.4) is 0 Å². The molecule has 0 fully saturated rings. The van der Waals surface area contributed by atoms with Gasteiger partial charge in [-0.05, 0) is 36.7 Å². The molecule has 0 saturated carbocycles. The van der Waals surface area contributed by atoms with Gasteiger partial charge in [-0.1, -0.05) is 46.2 Å². The summed E-state index contributed by atoms with van der Waals surface area (Å²) >= 11 is 0. The summed E-state index contributed by atoms with van der Waals surface area (Å²) < 4.78 is 0. The fraction of sp³-hybridized carbons (Fsp3) is 0.588. The third-order valence-corrected chi connectivity index (χ3v) is 4.05. The third-order valence-electron chi connectivity index (χ3n) is 4.05. The number of nitrogens with two attached hydrogens (primary N) is 1. The highest BCUT2D eigenvalue weighted by molar-refractivity contribution is 5.94. The van der Waals surface area contributed by atoms with Crippen molar-refractivity contribution in [3.63, 3.8) is 0 Å². The standard InChI is InChI=1S/C17H29N3O.ClH/c1-5-13(4)16(18)17(21)19-15-10-8-9-14(11-15)12-20(6-2)7-3;/h8-11,13,16H,5-7,12,18H2,1-4H3,(H,19,21);1H. The lowest BCUT2D eigenvalue weighted by Gasteiger charge is -2.20. The van der Waals surface area contributed by atoms with E-state index < -0.39 is 6.04 Å². The molecule has 126 valence electrons. The number of benzene rings is 1. The normalized spacial score (nSPS) is 13.4. The van der Waals surface area contributed by atoms with E-state index in [2.05, 4.69) is 30.1 Å². The van der Waals surface area contributed by atoms with Gasteiger partial charge in [0.15, 0.2) is 0 Å². The van der Waals surface area contributed by atoms with Crippen molar-refractivity contribution in [2.75, 3.05) is 18.4 Å². The molecule has 4 nitrogen and oxygen atoms in total. The summed E-state index contributed by atoms with van der Waals surface area (Å²) in [5, 5.41) is 2.92. The first-order valence-corrected chi connectivity index (χ1v) is 7.89. The second-order valence-electron chi connectivity index (χ2n) is 5.56. The van der Waals surface area contributed by atoms with Crippen LogP contribution in [0.4, 0.5) is 5.69 Å². The monoisotopic (exact) mass is 327 g/mol. The fourth-order valence-electron chi connectivity index (χ4n) is 2.19. The molecule has 1 aromatic rings. The highest BCUT2D eigenvalue weighted by Gasteiger charge is 2.19. The van der Waals surface area contributed by atoms with E-state index in [1.807, 2.05) is 32.0 Å². The summed E-state index contributed by atoms with van der Waals surface area (Å²) in [5.74, 6) is 0.0770. The summed E-state index contributed by atoms with van der Waals surface area (Å²) in [4.78, 5) is 14.5. The Labute approximate surface area is 140 Å². The van der Waals surface area contributed by atoms with E-state index in [-0.39, 0.29) is 24.2 Å². The molecule has 0 aliphatic heterocycles. The molecule has 0 radical (unpaired) electrons. The molecule has 1 amide bonds. The number of rotatable bonds is 8. The van der Waals surface area contributed by atoms with Crippen LogP contribution in [0.1, 0.15) is 39.7 Å².